The van der Waals surface area contributed by atoms with E-state index in [9.17, 15) is 10.4 Å². The van der Waals surface area contributed by atoms with Gasteiger partial charge < -0.3 is 5.11 Å². The molecule has 0 saturated heterocycles. The number of benzene rings is 1. The summed E-state index contributed by atoms with van der Waals surface area (Å²) in [6, 6.07) is 5.32. The van der Waals surface area contributed by atoms with E-state index in [4.69, 9.17) is 23.2 Å². The summed E-state index contributed by atoms with van der Waals surface area (Å²) >= 11 is 13.4. The fraction of sp³-hybridized carbons (Fsp3) is 0.250. The van der Waals surface area contributed by atoms with Gasteiger partial charge in [0.15, 0.2) is 0 Å². The van der Waals surface area contributed by atoms with E-state index in [1.54, 1.807) is 17.4 Å². The number of nitrogens with zero attached hydrogens (tertiary/aromatic N) is 2. The van der Waals surface area contributed by atoms with E-state index in [1.807, 2.05) is 0 Å². The van der Waals surface area contributed by atoms with Crippen LogP contribution in [0.15, 0.2) is 17.1 Å². The highest BCUT2D eigenvalue weighted by Crippen LogP contribution is 2.39. The number of hydrogen-bond donors (Lipinski definition) is 1. The smallest absolute Gasteiger partial charge is 0.143 e. The van der Waals surface area contributed by atoms with Gasteiger partial charge in [-0.25, -0.2) is 4.99 Å². The molecule has 2 aromatic rings. The molecule has 1 aromatic carbocycles. The molecule has 1 aliphatic rings. The van der Waals surface area contributed by atoms with Gasteiger partial charge in [0.1, 0.15) is 16.8 Å². The van der Waals surface area contributed by atoms with E-state index >= 15 is 0 Å². The van der Waals surface area contributed by atoms with Crippen molar-refractivity contribution < 1.29 is 5.11 Å². The third kappa shape index (κ3) is 2.85. The first kappa shape index (κ1) is 15.4. The molecule has 0 saturated carbocycles. The Hall–Kier alpha value is -1.54. The van der Waals surface area contributed by atoms with Crippen LogP contribution in [-0.4, -0.2) is 11.3 Å². The Balaban J connectivity index is 2.00. The lowest BCUT2D eigenvalue weighted by molar-refractivity contribution is 0.475. The molecule has 1 aliphatic carbocycles. The van der Waals surface area contributed by atoms with Crippen LogP contribution in [0.5, 0.6) is 5.75 Å². The molecule has 1 N–H and O–H groups in total. The molecule has 112 valence electrons. The third-order valence-corrected chi connectivity index (χ3v) is 5.35. The van der Waals surface area contributed by atoms with Crippen molar-refractivity contribution in [3.63, 3.8) is 0 Å². The number of halogens is 2. The molecular weight excluding hydrogens is 339 g/mol. The van der Waals surface area contributed by atoms with Crippen molar-refractivity contribution in [3.8, 4) is 11.8 Å². The van der Waals surface area contributed by atoms with Crippen molar-refractivity contribution in [3.05, 3.63) is 43.7 Å². The highest BCUT2D eigenvalue weighted by molar-refractivity contribution is 7.16. The van der Waals surface area contributed by atoms with Crippen molar-refractivity contribution in [2.45, 2.75) is 25.7 Å². The fourth-order valence-electron chi connectivity index (χ4n) is 2.57. The summed E-state index contributed by atoms with van der Waals surface area (Å²) in [5, 5.41) is 20.6. The van der Waals surface area contributed by atoms with Crippen molar-refractivity contribution >= 4 is 45.8 Å². The number of thiophene rings is 1. The number of phenols is 1. The zero-order valence-corrected chi connectivity index (χ0v) is 13.9. The first-order chi connectivity index (χ1) is 10.6. The highest BCUT2D eigenvalue weighted by Gasteiger charge is 2.20. The first-order valence-electron chi connectivity index (χ1n) is 6.87. The van der Waals surface area contributed by atoms with Crippen molar-refractivity contribution in [1.82, 2.24) is 0 Å². The van der Waals surface area contributed by atoms with Crippen LogP contribution in [0, 0.1) is 11.3 Å². The van der Waals surface area contributed by atoms with E-state index in [0.717, 1.165) is 31.2 Å². The van der Waals surface area contributed by atoms with E-state index < -0.39 is 0 Å². The minimum atomic E-state index is -0.0605. The number of fused-ring (bicyclic) bond motifs is 1. The number of nitriles is 1. The Bertz CT molecular complexity index is 805. The van der Waals surface area contributed by atoms with Gasteiger partial charge in [-0.05, 0) is 43.4 Å². The molecule has 0 spiro atoms. The van der Waals surface area contributed by atoms with Gasteiger partial charge in [-0.15, -0.1) is 11.3 Å². The van der Waals surface area contributed by atoms with Gasteiger partial charge in [0.25, 0.3) is 0 Å². The summed E-state index contributed by atoms with van der Waals surface area (Å²) < 4.78 is 0. The maximum Gasteiger partial charge on any atom is 0.143 e. The standard InChI is InChI=1S/C16H12Cl2N2OS/c17-10-5-9(15(21)13(18)6-10)8-20-16-12(7-19)11-3-1-2-4-14(11)22-16/h5-6,8,21H,1-4H2. The summed E-state index contributed by atoms with van der Waals surface area (Å²) in [4.78, 5) is 5.64. The lowest BCUT2D eigenvalue weighted by atomic mass is 9.96. The fourth-order valence-corrected chi connectivity index (χ4v) is 4.26. The lowest BCUT2D eigenvalue weighted by Crippen LogP contribution is -1.99. The summed E-state index contributed by atoms with van der Waals surface area (Å²) in [6.07, 6.45) is 5.74. The van der Waals surface area contributed by atoms with E-state index in [-0.39, 0.29) is 10.8 Å². The summed E-state index contributed by atoms with van der Waals surface area (Å²) in [7, 11) is 0. The van der Waals surface area contributed by atoms with Gasteiger partial charge in [0, 0.05) is 21.7 Å². The van der Waals surface area contributed by atoms with Crippen LogP contribution in [0.1, 0.15) is 34.4 Å². The molecule has 0 radical (unpaired) electrons. The number of phenolic OH excluding ortho intramolecular Hbond substituents is 1. The van der Waals surface area contributed by atoms with Gasteiger partial charge in [-0.2, -0.15) is 5.26 Å². The second-order valence-electron chi connectivity index (χ2n) is 5.09. The SMILES string of the molecule is N#Cc1c(N=Cc2cc(Cl)cc(Cl)c2O)sc2c1CCCC2. The van der Waals surface area contributed by atoms with Crippen LogP contribution in [0.3, 0.4) is 0 Å². The topological polar surface area (TPSA) is 56.4 Å². The third-order valence-electron chi connectivity index (χ3n) is 3.64. The predicted molar refractivity (Wildman–Crippen MR) is 91.1 cm³/mol. The second kappa shape index (κ2) is 6.29. The van der Waals surface area contributed by atoms with E-state index in [1.165, 1.54) is 17.2 Å². The number of aryl methyl sites for hydroxylation is 1. The monoisotopic (exact) mass is 350 g/mol. The molecule has 0 aliphatic heterocycles. The lowest BCUT2D eigenvalue weighted by Gasteiger charge is -2.09. The van der Waals surface area contributed by atoms with Crippen molar-refractivity contribution in [2.24, 2.45) is 4.99 Å². The summed E-state index contributed by atoms with van der Waals surface area (Å²) in [5.41, 5.74) is 2.23. The number of aromatic hydroxyl groups is 1. The Labute approximate surface area is 142 Å². The molecule has 0 fully saturated rings. The van der Waals surface area contributed by atoms with Gasteiger partial charge in [0.2, 0.25) is 0 Å². The van der Waals surface area contributed by atoms with Crippen LogP contribution < -0.4 is 0 Å². The Morgan fingerprint density at radius 2 is 2.05 bits per heavy atom. The number of hydrogen-bond acceptors (Lipinski definition) is 4. The normalized spacial score (nSPS) is 14.0. The minimum Gasteiger partial charge on any atom is -0.506 e. The van der Waals surface area contributed by atoms with Crippen molar-refractivity contribution in [2.75, 3.05) is 0 Å². The Kier molecular flexibility index (Phi) is 4.39. The van der Waals surface area contributed by atoms with Crippen LogP contribution in [0.2, 0.25) is 10.0 Å². The maximum absolute atomic E-state index is 9.95. The number of rotatable bonds is 2. The first-order valence-corrected chi connectivity index (χ1v) is 8.44. The zero-order valence-electron chi connectivity index (χ0n) is 11.6. The maximum atomic E-state index is 9.95. The molecular formula is C16H12Cl2N2OS. The van der Waals surface area contributed by atoms with Crippen molar-refractivity contribution in [1.29, 1.82) is 5.26 Å². The molecule has 3 rings (SSSR count). The number of aliphatic imine (C=N–C) groups is 1. The molecule has 0 atom stereocenters. The van der Waals surface area contributed by atoms with Crippen LogP contribution in [-0.2, 0) is 12.8 Å². The Morgan fingerprint density at radius 1 is 1.27 bits per heavy atom. The molecule has 1 aromatic heterocycles. The Morgan fingerprint density at radius 3 is 2.82 bits per heavy atom. The second-order valence-corrected chi connectivity index (χ2v) is 7.01. The van der Waals surface area contributed by atoms with Gasteiger partial charge in [0.05, 0.1) is 10.6 Å². The minimum absolute atomic E-state index is 0.0605. The predicted octanol–water partition coefficient (Wildman–Crippen LogP) is 5.26. The van der Waals surface area contributed by atoms with E-state index in [0.29, 0.717) is 21.2 Å². The van der Waals surface area contributed by atoms with E-state index in [2.05, 4.69) is 11.1 Å². The zero-order chi connectivity index (χ0) is 15.7. The van der Waals surface area contributed by atoms with Crippen LogP contribution in [0.4, 0.5) is 5.00 Å². The summed E-state index contributed by atoms with van der Waals surface area (Å²) in [6.45, 7) is 0. The van der Waals surface area contributed by atoms with Gasteiger partial charge >= 0.3 is 0 Å². The molecule has 1 heterocycles. The molecule has 0 unspecified atom stereocenters. The average molecular weight is 351 g/mol. The van der Waals surface area contributed by atoms with Crippen LogP contribution in [0.25, 0.3) is 0 Å². The van der Waals surface area contributed by atoms with Gasteiger partial charge in [-0.1, -0.05) is 23.2 Å². The molecule has 22 heavy (non-hydrogen) atoms. The highest BCUT2D eigenvalue weighted by atomic mass is 35.5. The molecule has 3 nitrogen and oxygen atoms in total. The van der Waals surface area contributed by atoms with Gasteiger partial charge in [-0.3, -0.25) is 0 Å². The summed E-state index contributed by atoms with van der Waals surface area (Å²) in [5.74, 6) is -0.0605. The average Bonchev–Trinajstić information content (AvgIpc) is 2.86. The molecule has 0 bridgehead atoms. The van der Waals surface area contributed by atoms with Crippen LogP contribution >= 0.6 is 34.5 Å². The molecule has 0 amide bonds. The largest absolute Gasteiger partial charge is 0.506 e. The molecule has 6 heteroatoms. The quantitative estimate of drug-likeness (QED) is 0.750.